The highest BCUT2D eigenvalue weighted by atomic mass is 32.2. The topological polar surface area (TPSA) is 51.2 Å². The van der Waals surface area contributed by atoms with Crippen molar-refractivity contribution in [3.63, 3.8) is 0 Å². The molecule has 1 N–H and O–H groups in total. The minimum Gasteiger partial charge on any atom is -0.483 e. The number of pyridine rings is 1. The lowest BCUT2D eigenvalue weighted by Gasteiger charge is -2.12. The van der Waals surface area contributed by atoms with E-state index in [4.69, 9.17) is 4.74 Å². The van der Waals surface area contributed by atoms with Gasteiger partial charge in [0.15, 0.2) is 6.61 Å². The van der Waals surface area contributed by atoms with Gasteiger partial charge < -0.3 is 10.1 Å². The van der Waals surface area contributed by atoms with Crippen LogP contribution in [-0.4, -0.2) is 23.8 Å². The third-order valence-corrected chi connectivity index (χ3v) is 4.70. The van der Waals surface area contributed by atoms with Crippen LogP contribution in [0.5, 0.6) is 5.75 Å². The average Bonchev–Trinajstić information content (AvgIpc) is 2.58. The molecule has 4 nitrogen and oxygen atoms in total. The Hall–Kier alpha value is -2.53. The third kappa shape index (κ3) is 4.35. The zero-order valence-corrected chi connectivity index (χ0v) is 16.2. The SMILES string of the molecule is CSc1ccc2nc(C)cc(OCC(=O)Nc3cc(C)cc(C)c3)c2c1. The maximum atomic E-state index is 12.3. The summed E-state index contributed by atoms with van der Waals surface area (Å²) in [4.78, 5) is 18.0. The summed E-state index contributed by atoms with van der Waals surface area (Å²) in [6.45, 7) is 5.89. The zero-order chi connectivity index (χ0) is 18.7. The molecule has 0 aliphatic rings. The minimum absolute atomic E-state index is 0.0466. The monoisotopic (exact) mass is 366 g/mol. The number of fused-ring (bicyclic) bond motifs is 1. The van der Waals surface area contributed by atoms with Gasteiger partial charge in [-0.1, -0.05) is 6.07 Å². The largest absolute Gasteiger partial charge is 0.483 e. The molecule has 0 spiro atoms. The first-order valence-electron chi connectivity index (χ1n) is 8.41. The maximum absolute atomic E-state index is 12.3. The van der Waals surface area contributed by atoms with Crippen LogP contribution in [0.1, 0.15) is 16.8 Å². The molecule has 3 rings (SSSR count). The molecule has 134 valence electrons. The summed E-state index contributed by atoms with van der Waals surface area (Å²) in [5.74, 6) is 0.498. The Labute approximate surface area is 158 Å². The molecule has 0 aliphatic heterocycles. The summed E-state index contributed by atoms with van der Waals surface area (Å²) in [6, 6.07) is 13.9. The first kappa shape index (κ1) is 18.3. The maximum Gasteiger partial charge on any atom is 0.262 e. The molecule has 0 aliphatic carbocycles. The third-order valence-electron chi connectivity index (χ3n) is 3.97. The van der Waals surface area contributed by atoms with Crippen molar-refractivity contribution in [2.75, 3.05) is 18.2 Å². The lowest BCUT2D eigenvalue weighted by Crippen LogP contribution is -2.20. The number of aryl methyl sites for hydroxylation is 3. The standard InChI is InChI=1S/C21H22N2O2S/c1-13-7-14(2)9-16(8-13)23-21(24)12-25-20-10-15(3)22-19-6-5-17(26-4)11-18(19)20/h5-11H,12H2,1-4H3,(H,23,24). The first-order chi connectivity index (χ1) is 12.4. The predicted molar refractivity (Wildman–Crippen MR) is 108 cm³/mol. The average molecular weight is 366 g/mol. The fraction of sp³-hybridized carbons (Fsp3) is 0.238. The number of amides is 1. The van der Waals surface area contributed by atoms with E-state index in [1.54, 1.807) is 11.8 Å². The second kappa shape index (κ2) is 7.79. The van der Waals surface area contributed by atoms with Gasteiger partial charge in [-0.15, -0.1) is 11.8 Å². The highest BCUT2D eigenvalue weighted by Gasteiger charge is 2.10. The number of hydrogen-bond donors (Lipinski definition) is 1. The van der Waals surface area contributed by atoms with Crippen LogP contribution in [0.4, 0.5) is 5.69 Å². The van der Waals surface area contributed by atoms with Crippen molar-refractivity contribution < 1.29 is 9.53 Å². The number of benzene rings is 2. The molecule has 0 radical (unpaired) electrons. The molecule has 0 bridgehead atoms. The molecular weight excluding hydrogens is 344 g/mol. The molecule has 1 amide bonds. The number of thioether (sulfide) groups is 1. The molecule has 2 aromatic carbocycles. The van der Waals surface area contributed by atoms with Crippen LogP contribution >= 0.6 is 11.8 Å². The van der Waals surface area contributed by atoms with Crippen molar-refractivity contribution in [3.8, 4) is 5.75 Å². The smallest absolute Gasteiger partial charge is 0.262 e. The molecular formula is C21H22N2O2S. The Balaban J connectivity index is 1.77. The van der Waals surface area contributed by atoms with Gasteiger partial charge >= 0.3 is 0 Å². The molecule has 5 heteroatoms. The highest BCUT2D eigenvalue weighted by Crippen LogP contribution is 2.29. The number of nitrogens with zero attached hydrogens (tertiary/aromatic N) is 1. The summed E-state index contributed by atoms with van der Waals surface area (Å²) in [6.07, 6.45) is 2.03. The second-order valence-electron chi connectivity index (χ2n) is 6.36. The number of ether oxygens (including phenoxy) is 1. The Bertz CT molecular complexity index is 949. The van der Waals surface area contributed by atoms with Gasteiger partial charge in [0, 0.05) is 27.7 Å². The summed E-state index contributed by atoms with van der Waals surface area (Å²) in [7, 11) is 0. The van der Waals surface area contributed by atoms with Gasteiger partial charge in [0.05, 0.1) is 5.52 Å². The van der Waals surface area contributed by atoms with Crippen LogP contribution in [0.25, 0.3) is 10.9 Å². The molecule has 0 unspecified atom stereocenters. The quantitative estimate of drug-likeness (QED) is 0.653. The summed E-state index contributed by atoms with van der Waals surface area (Å²) < 4.78 is 5.83. The van der Waals surface area contributed by atoms with E-state index in [9.17, 15) is 4.79 Å². The van der Waals surface area contributed by atoms with Crippen molar-refractivity contribution >= 4 is 34.3 Å². The highest BCUT2D eigenvalue weighted by molar-refractivity contribution is 7.98. The van der Waals surface area contributed by atoms with Gasteiger partial charge in [0.2, 0.25) is 0 Å². The van der Waals surface area contributed by atoms with Gasteiger partial charge in [-0.3, -0.25) is 9.78 Å². The van der Waals surface area contributed by atoms with E-state index in [0.29, 0.717) is 5.75 Å². The number of nitrogens with one attached hydrogen (secondary N) is 1. The molecule has 0 fully saturated rings. The minimum atomic E-state index is -0.182. The first-order valence-corrected chi connectivity index (χ1v) is 9.63. The number of carbonyl (C=O) groups is 1. The van der Waals surface area contributed by atoms with Crippen molar-refractivity contribution in [1.29, 1.82) is 0 Å². The predicted octanol–water partition coefficient (Wildman–Crippen LogP) is 4.90. The molecule has 26 heavy (non-hydrogen) atoms. The number of carbonyl (C=O) groups excluding carboxylic acids is 1. The van der Waals surface area contributed by atoms with Crippen LogP contribution in [0.15, 0.2) is 47.4 Å². The van der Waals surface area contributed by atoms with Crippen molar-refractivity contribution in [2.24, 2.45) is 0 Å². The van der Waals surface area contributed by atoms with E-state index in [0.717, 1.165) is 38.3 Å². The van der Waals surface area contributed by atoms with Gasteiger partial charge in [0.1, 0.15) is 5.75 Å². The second-order valence-corrected chi connectivity index (χ2v) is 7.24. The van der Waals surface area contributed by atoms with Crippen molar-refractivity contribution in [3.05, 3.63) is 59.3 Å². The van der Waals surface area contributed by atoms with Crippen molar-refractivity contribution in [1.82, 2.24) is 4.98 Å². The van der Waals surface area contributed by atoms with E-state index in [2.05, 4.69) is 16.4 Å². The van der Waals surface area contributed by atoms with Gasteiger partial charge in [-0.2, -0.15) is 0 Å². The van der Waals surface area contributed by atoms with E-state index in [-0.39, 0.29) is 12.5 Å². The Kier molecular flexibility index (Phi) is 5.47. The summed E-state index contributed by atoms with van der Waals surface area (Å²) in [5, 5.41) is 3.81. The summed E-state index contributed by atoms with van der Waals surface area (Å²) in [5.41, 5.74) is 4.74. The van der Waals surface area contributed by atoms with E-state index < -0.39 is 0 Å². The molecule has 3 aromatic rings. The summed E-state index contributed by atoms with van der Waals surface area (Å²) >= 11 is 1.66. The fourth-order valence-corrected chi connectivity index (χ4v) is 3.37. The fourth-order valence-electron chi connectivity index (χ4n) is 2.93. The number of hydrogen-bond acceptors (Lipinski definition) is 4. The normalized spacial score (nSPS) is 10.8. The lowest BCUT2D eigenvalue weighted by molar-refractivity contribution is -0.118. The Morgan fingerprint density at radius 1 is 1.08 bits per heavy atom. The van der Waals surface area contributed by atoms with Crippen LogP contribution in [0, 0.1) is 20.8 Å². The van der Waals surface area contributed by atoms with Crippen LogP contribution in [0.2, 0.25) is 0 Å². The lowest BCUT2D eigenvalue weighted by atomic mass is 10.1. The van der Waals surface area contributed by atoms with E-state index in [1.165, 1.54) is 0 Å². The van der Waals surface area contributed by atoms with Crippen LogP contribution < -0.4 is 10.1 Å². The van der Waals surface area contributed by atoms with E-state index in [1.807, 2.05) is 63.4 Å². The Morgan fingerprint density at radius 3 is 2.50 bits per heavy atom. The zero-order valence-electron chi connectivity index (χ0n) is 15.4. The van der Waals surface area contributed by atoms with Crippen molar-refractivity contribution in [2.45, 2.75) is 25.7 Å². The molecule has 1 heterocycles. The molecule has 1 aromatic heterocycles. The molecule has 0 saturated heterocycles. The molecule has 0 atom stereocenters. The number of anilines is 1. The van der Waals surface area contributed by atoms with Gasteiger partial charge in [0.25, 0.3) is 5.91 Å². The van der Waals surface area contributed by atoms with Gasteiger partial charge in [-0.25, -0.2) is 0 Å². The van der Waals surface area contributed by atoms with Crippen LogP contribution in [-0.2, 0) is 4.79 Å². The van der Waals surface area contributed by atoms with Gasteiger partial charge in [-0.05, 0) is 68.5 Å². The number of aromatic nitrogens is 1. The Morgan fingerprint density at radius 2 is 1.81 bits per heavy atom. The molecule has 0 saturated carbocycles. The van der Waals surface area contributed by atoms with Crippen LogP contribution in [0.3, 0.4) is 0 Å². The van der Waals surface area contributed by atoms with E-state index >= 15 is 0 Å². The number of rotatable bonds is 5.